The van der Waals surface area contributed by atoms with Crippen molar-refractivity contribution in [2.75, 3.05) is 18.1 Å². The van der Waals surface area contributed by atoms with Gasteiger partial charge in [0.05, 0.1) is 6.26 Å². The summed E-state index contributed by atoms with van der Waals surface area (Å²) in [7, 11) is 0. The fourth-order valence-corrected chi connectivity index (χ4v) is 2.95. The molecule has 1 saturated heterocycles. The number of hydrogen-bond donors (Lipinski definition) is 1. The van der Waals surface area contributed by atoms with E-state index in [0.29, 0.717) is 12.6 Å². The summed E-state index contributed by atoms with van der Waals surface area (Å²) in [6, 6.07) is 2.24. The summed E-state index contributed by atoms with van der Waals surface area (Å²) in [6.07, 6.45) is 1.45. The number of carbonyl (C=O) groups is 1. The lowest BCUT2D eigenvalue weighted by atomic mass is 10.2. The quantitative estimate of drug-likeness (QED) is 0.876. The van der Waals surface area contributed by atoms with Crippen LogP contribution in [0.1, 0.15) is 23.0 Å². The van der Waals surface area contributed by atoms with Crippen LogP contribution in [0.4, 0.5) is 0 Å². The summed E-state index contributed by atoms with van der Waals surface area (Å²) in [4.78, 5) is 13.2. The van der Waals surface area contributed by atoms with Crippen LogP contribution in [0.25, 0.3) is 0 Å². The van der Waals surface area contributed by atoms with Gasteiger partial charge in [0, 0.05) is 36.2 Å². The third kappa shape index (κ3) is 2.41. The lowest BCUT2D eigenvalue weighted by Crippen LogP contribution is -2.39. The van der Waals surface area contributed by atoms with Gasteiger partial charge >= 0.3 is 5.97 Å². The molecule has 0 amide bonds. The van der Waals surface area contributed by atoms with Crippen LogP contribution in [0.15, 0.2) is 16.7 Å². The Kier molecular flexibility index (Phi) is 3.56. The smallest absolute Gasteiger partial charge is 0.372 e. The van der Waals surface area contributed by atoms with E-state index in [1.54, 1.807) is 6.07 Å². The molecular weight excluding hydrogens is 226 g/mol. The maximum absolute atomic E-state index is 10.9. The third-order valence-corrected chi connectivity index (χ3v) is 4.01. The second-order valence-electron chi connectivity index (χ2n) is 3.97. The first-order valence-electron chi connectivity index (χ1n) is 5.30. The van der Waals surface area contributed by atoms with E-state index >= 15 is 0 Å². The van der Waals surface area contributed by atoms with Gasteiger partial charge in [-0.25, -0.2) is 4.79 Å². The maximum Gasteiger partial charge on any atom is 0.372 e. The summed E-state index contributed by atoms with van der Waals surface area (Å²) in [5.41, 5.74) is 0.770. The zero-order chi connectivity index (χ0) is 11.5. The zero-order valence-corrected chi connectivity index (χ0v) is 10.00. The highest BCUT2D eigenvalue weighted by molar-refractivity contribution is 7.99. The third-order valence-electron chi connectivity index (χ3n) is 2.82. The van der Waals surface area contributed by atoms with Gasteiger partial charge < -0.3 is 9.52 Å². The summed E-state index contributed by atoms with van der Waals surface area (Å²) in [6.45, 7) is 3.85. The molecule has 16 heavy (non-hydrogen) atoms. The normalized spacial score (nSPS) is 22.2. The molecule has 1 aromatic rings. The van der Waals surface area contributed by atoms with E-state index in [1.165, 1.54) is 6.26 Å². The van der Waals surface area contributed by atoms with E-state index in [2.05, 4.69) is 11.8 Å². The Bertz CT molecular complexity index is 377. The molecule has 1 aromatic heterocycles. The minimum Gasteiger partial charge on any atom is -0.475 e. The minimum atomic E-state index is -0.987. The van der Waals surface area contributed by atoms with Crippen molar-refractivity contribution in [2.24, 2.45) is 0 Å². The van der Waals surface area contributed by atoms with Gasteiger partial charge in [0.2, 0.25) is 5.76 Å². The van der Waals surface area contributed by atoms with Crippen LogP contribution in [-0.2, 0) is 6.54 Å². The zero-order valence-electron chi connectivity index (χ0n) is 9.18. The molecule has 0 bridgehead atoms. The van der Waals surface area contributed by atoms with Crippen LogP contribution < -0.4 is 0 Å². The maximum atomic E-state index is 10.9. The second kappa shape index (κ2) is 4.93. The summed E-state index contributed by atoms with van der Waals surface area (Å²) in [5, 5.41) is 8.93. The topological polar surface area (TPSA) is 53.7 Å². The number of carboxylic acid groups (broad SMARTS) is 1. The first-order chi connectivity index (χ1) is 7.68. The molecule has 5 heteroatoms. The molecule has 1 N–H and O–H groups in total. The van der Waals surface area contributed by atoms with Crippen LogP contribution in [0.3, 0.4) is 0 Å². The van der Waals surface area contributed by atoms with E-state index in [0.717, 1.165) is 23.6 Å². The highest BCUT2D eigenvalue weighted by Gasteiger charge is 2.22. The number of hydrogen-bond acceptors (Lipinski definition) is 4. The number of furan rings is 1. The fourth-order valence-electron chi connectivity index (χ4n) is 1.86. The van der Waals surface area contributed by atoms with Crippen LogP contribution in [-0.4, -0.2) is 40.1 Å². The first-order valence-corrected chi connectivity index (χ1v) is 6.45. The van der Waals surface area contributed by atoms with Crippen molar-refractivity contribution in [1.29, 1.82) is 0 Å². The molecule has 0 aliphatic carbocycles. The molecule has 1 aliphatic heterocycles. The van der Waals surface area contributed by atoms with Crippen molar-refractivity contribution in [1.82, 2.24) is 4.90 Å². The summed E-state index contributed by atoms with van der Waals surface area (Å²) < 4.78 is 4.97. The predicted octanol–water partition coefficient (Wildman–Crippen LogP) is 1.92. The fraction of sp³-hybridized carbons (Fsp3) is 0.545. The predicted molar refractivity (Wildman–Crippen MR) is 62.9 cm³/mol. The van der Waals surface area contributed by atoms with Crippen molar-refractivity contribution in [3.8, 4) is 0 Å². The van der Waals surface area contributed by atoms with E-state index in [4.69, 9.17) is 9.52 Å². The lowest BCUT2D eigenvalue weighted by molar-refractivity contribution is 0.0658. The van der Waals surface area contributed by atoms with Crippen LogP contribution >= 0.6 is 11.8 Å². The molecule has 4 nitrogen and oxygen atoms in total. The van der Waals surface area contributed by atoms with Crippen LogP contribution in [0, 0.1) is 0 Å². The molecule has 88 valence electrons. The van der Waals surface area contributed by atoms with Gasteiger partial charge in [-0.3, -0.25) is 4.90 Å². The van der Waals surface area contributed by atoms with Gasteiger partial charge in [0.25, 0.3) is 0 Å². The summed E-state index contributed by atoms with van der Waals surface area (Å²) in [5.74, 6) is 1.31. The Morgan fingerprint density at radius 3 is 3.25 bits per heavy atom. The molecule has 1 fully saturated rings. The first kappa shape index (κ1) is 11.5. The number of nitrogens with zero attached hydrogens (tertiary/aromatic N) is 1. The minimum absolute atomic E-state index is 0.0745. The average molecular weight is 241 g/mol. The van der Waals surface area contributed by atoms with Gasteiger partial charge in [-0.05, 0) is 13.0 Å². The van der Waals surface area contributed by atoms with E-state index in [9.17, 15) is 4.79 Å². The van der Waals surface area contributed by atoms with Gasteiger partial charge in [-0.15, -0.1) is 0 Å². The molecular formula is C11H15NO3S. The number of thioether (sulfide) groups is 1. The highest BCUT2D eigenvalue weighted by atomic mass is 32.2. The van der Waals surface area contributed by atoms with Crippen molar-refractivity contribution < 1.29 is 14.3 Å². The molecule has 1 unspecified atom stereocenters. The van der Waals surface area contributed by atoms with Crippen molar-refractivity contribution >= 4 is 17.7 Å². The summed E-state index contributed by atoms with van der Waals surface area (Å²) >= 11 is 1.95. The van der Waals surface area contributed by atoms with Gasteiger partial charge in [-0.1, -0.05) is 0 Å². The molecule has 2 heterocycles. The molecule has 0 spiro atoms. The van der Waals surface area contributed by atoms with E-state index in [-0.39, 0.29) is 5.76 Å². The Labute approximate surface area is 98.6 Å². The monoisotopic (exact) mass is 241 g/mol. The molecule has 0 radical (unpaired) electrons. The van der Waals surface area contributed by atoms with Gasteiger partial charge in [0.1, 0.15) is 0 Å². The average Bonchev–Trinajstić information content (AvgIpc) is 2.69. The van der Waals surface area contributed by atoms with Gasteiger partial charge in [-0.2, -0.15) is 11.8 Å². The van der Waals surface area contributed by atoms with E-state index < -0.39 is 5.97 Å². The Balaban J connectivity index is 2.07. The SMILES string of the molecule is CC1CSCCN1Cc1ccoc1C(=O)O. The van der Waals surface area contributed by atoms with Gasteiger partial charge in [0.15, 0.2) is 0 Å². The van der Waals surface area contributed by atoms with Crippen molar-refractivity contribution in [2.45, 2.75) is 19.5 Å². The molecule has 2 rings (SSSR count). The molecule has 0 saturated carbocycles. The van der Waals surface area contributed by atoms with Crippen molar-refractivity contribution in [3.05, 3.63) is 23.7 Å². The largest absolute Gasteiger partial charge is 0.475 e. The Morgan fingerprint density at radius 1 is 1.75 bits per heavy atom. The number of carboxylic acids is 1. The Morgan fingerprint density at radius 2 is 2.56 bits per heavy atom. The second-order valence-corrected chi connectivity index (χ2v) is 5.12. The van der Waals surface area contributed by atoms with Crippen molar-refractivity contribution in [3.63, 3.8) is 0 Å². The van der Waals surface area contributed by atoms with Crippen LogP contribution in [0.2, 0.25) is 0 Å². The number of rotatable bonds is 3. The lowest BCUT2D eigenvalue weighted by Gasteiger charge is -2.32. The number of aromatic carboxylic acids is 1. The Hall–Kier alpha value is -0.940. The molecule has 0 aromatic carbocycles. The van der Waals surface area contributed by atoms with Crippen LogP contribution in [0.5, 0.6) is 0 Å². The standard InChI is InChI=1S/C11H15NO3S/c1-8-7-16-5-3-12(8)6-9-2-4-15-10(9)11(13)14/h2,4,8H,3,5-7H2,1H3,(H,13,14). The molecule has 1 atom stereocenters. The van der Waals surface area contributed by atoms with E-state index in [1.807, 2.05) is 11.8 Å². The molecule has 1 aliphatic rings. The highest BCUT2D eigenvalue weighted by Crippen LogP contribution is 2.20.